The lowest BCUT2D eigenvalue weighted by atomic mass is 10.2. The predicted molar refractivity (Wildman–Crippen MR) is 64.0 cm³/mol. The van der Waals surface area contributed by atoms with E-state index in [1.54, 1.807) is 31.2 Å². The van der Waals surface area contributed by atoms with Crippen LogP contribution in [0.1, 0.15) is 11.4 Å². The highest BCUT2D eigenvalue weighted by atomic mass is 16.5. The van der Waals surface area contributed by atoms with Crippen molar-refractivity contribution >= 4 is 16.9 Å². The summed E-state index contributed by atoms with van der Waals surface area (Å²) >= 11 is 0. The van der Waals surface area contributed by atoms with E-state index in [2.05, 4.69) is 4.99 Å². The van der Waals surface area contributed by atoms with Gasteiger partial charge in [-0.3, -0.25) is 0 Å². The van der Waals surface area contributed by atoms with E-state index in [9.17, 15) is 10.4 Å². The minimum atomic E-state index is 0.196. The highest BCUT2D eigenvalue weighted by Gasteiger charge is 2.31. The van der Waals surface area contributed by atoms with Crippen LogP contribution in [0.3, 0.4) is 0 Å². The second-order valence-electron chi connectivity index (χ2n) is 4.05. The average molecular weight is 245 g/mol. The Labute approximate surface area is 103 Å². The summed E-state index contributed by atoms with van der Waals surface area (Å²) in [7, 11) is 0. The van der Waals surface area contributed by atoms with Gasteiger partial charge in [0, 0.05) is 19.1 Å². The minimum absolute atomic E-state index is 0.196. The number of fused-ring (bicyclic) bond motifs is 1. The molecule has 0 atom stereocenters. The van der Waals surface area contributed by atoms with E-state index < -0.39 is 0 Å². The molecule has 18 heavy (non-hydrogen) atoms. The summed E-state index contributed by atoms with van der Waals surface area (Å²) in [6, 6.07) is 6.66. The Balaban J connectivity index is 2.38. The van der Waals surface area contributed by atoms with E-state index in [-0.39, 0.29) is 11.6 Å². The Bertz CT molecular complexity index is 667. The molecule has 0 amide bonds. The minimum Gasteiger partial charge on any atom is -0.618 e. The quantitative estimate of drug-likeness (QED) is 0.531. The molecule has 0 radical (unpaired) electrons. The fraction of sp³-hybridized carbons (Fsp3) is 0.250. The van der Waals surface area contributed by atoms with E-state index in [4.69, 9.17) is 4.74 Å². The van der Waals surface area contributed by atoms with Crippen LogP contribution in [0.25, 0.3) is 11.0 Å². The molecular weight excluding hydrogens is 234 g/mol. The molecular formula is C12H11N3O3. The Morgan fingerprint density at radius 3 is 2.44 bits per heavy atom. The largest absolute Gasteiger partial charge is 0.618 e. The van der Waals surface area contributed by atoms with Gasteiger partial charge in [0.05, 0.1) is 6.54 Å². The number of benzene rings is 1. The van der Waals surface area contributed by atoms with Crippen molar-refractivity contribution in [3.05, 3.63) is 46.1 Å². The van der Waals surface area contributed by atoms with Gasteiger partial charge in [-0.15, -0.1) is 4.73 Å². The molecule has 0 saturated carbocycles. The van der Waals surface area contributed by atoms with Crippen LogP contribution in [0.5, 0.6) is 0 Å². The third-order valence-electron chi connectivity index (χ3n) is 2.96. The van der Waals surface area contributed by atoms with Crippen molar-refractivity contribution < 1.29 is 14.2 Å². The number of ether oxygens (including phenoxy) is 1. The van der Waals surface area contributed by atoms with Crippen molar-refractivity contribution in [2.24, 2.45) is 4.99 Å². The van der Waals surface area contributed by atoms with Gasteiger partial charge in [-0.05, 0) is 0 Å². The van der Waals surface area contributed by atoms with Crippen LogP contribution in [-0.4, -0.2) is 19.0 Å². The Morgan fingerprint density at radius 1 is 1.17 bits per heavy atom. The molecule has 92 valence electrons. The van der Waals surface area contributed by atoms with Crippen molar-refractivity contribution in [1.82, 2.24) is 0 Å². The standard InChI is InChI=1S/C12H11N3O3/c1-8-11(12-13-6-7-18-12)15(17)10-5-3-2-4-9(10)14(8)16/h2-5H,6-7H2,1H3. The molecule has 0 spiro atoms. The zero-order chi connectivity index (χ0) is 12.7. The molecule has 0 fully saturated rings. The number of hydrogen-bond acceptors (Lipinski definition) is 4. The zero-order valence-electron chi connectivity index (χ0n) is 9.79. The summed E-state index contributed by atoms with van der Waals surface area (Å²) in [5.74, 6) is 0.248. The predicted octanol–water partition coefficient (Wildman–Crippen LogP) is 0.192. The van der Waals surface area contributed by atoms with Gasteiger partial charge in [0.25, 0.3) is 22.6 Å². The first kappa shape index (κ1) is 10.8. The van der Waals surface area contributed by atoms with Crippen LogP contribution in [0.15, 0.2) is 29.3 Å². The van der Waals surface area contributed by atoms with Gasteiger partial charge in [-0.25, -0.2) is 4.99 Å². The first-order valence-corrected chi connectivity index (χ1v) is 5.62. The SMILES string of the molecule is Cc1c(C2=NCCO2)[n+]([O-])c2ccccc2[n+]1[O-]. The molecule has 0 aliphatic carbocycles. The van der Waals surface area contributed by atoms with Gasteiger partial charge >= 0.3 is 5.69 Å². The molecule has 1 aromatic heterocycles. The molecule has 1 aromatic carbocycles. The summed E-state index contributed by atoms with van der Waals surface area (Å²) in [5, 5.41) is 24.4. The van der Waals surface area contributed by atoms with Crippen molar-refractivity contribution in [2.45, 2.75) is 6.92 Å². The molecule has 1 aliphatic heterocycles. The molecule has 0 N–H and O–H groups in total. The van der Waals surface area contributed by atoms with Crippen molar-refractivity contribution in [2.75, 3.05) is 13.2 Å². The molecule has 2 heterocycles. The van der Waals surface area contributed by atoms with Crippen LogP contribution in [0, 0.1) is 17.3 Å². The van der Waals surface area contributed by atoms with E-state index in [0.717, 1.165) is 4.73 Å². The van der Waals surface area contributed by atoms with Crippen LogP contribution in [0.4, 0.5) is 0 Å². The van der Waals surface area contributed by atoms with E-state index in [0.29, 0.717) is 34.6 Å². The van der Waals surface area contributed by atoms with Crippen molar-refractivity contribution in [3.63, 3.8) is 0 Å². The first-order valence-electron chi connectivity index (χ1n) is 5.62. The number of nitrogens with zero attached hydrogens (tertiary/aromatic N) is 3. The highest BCUT2D eigenvalue weighted by molar-refractivity contribution is 5.93. The van der Waals surface area contributed by atoms with Crippen molar-refractivity contribution in [1.29, 1.82) is 0 Å². The van der Waals surface area contributed by atoms with Gasteiger partial charge in [-0.2, -0.15) is 4.73 Å². The van der Waals surface area contributed by atoms with Gasteiger partial charge < -0.3 is 15.2 Å². The fourth-order valence-corrected chi connectivity index (χ4v) is 2.07. The molecule has 0 saturated heterocycles. The average Bonchev–Trinajstić information content (AvgIpc) is 2.90. The Kier molecular flexibility index (Phi) is 2.29. The number of aliphatic imine (C=N–C) groups is 1. The van der Waals surface area contributed by atoms with Gasteiger partial charge in [-0.1, -0.05) is 12.1 Å². The molecule has 1 aliphatic rings. The molecule has 2 aromatic rings. The second-order valence-corrected chi connectivity index (χ2v) is 4.05. The van der Waals surface area contributed by atoms with Gasteiger partial charge in [0.2, 0.25) is 0 Å². The first-order chi connectivity index (χ1) is 8.70. The van der Waals surface area contributed by atoms with Gasteiger partial charge in [0.15, 0.2) is 0 Å². The van der Waals surface area contributed by atoms with Crippen molar-refractivity contribution in [3.8, 4) is 0 Å². The normalized spacial score (nSPS) is 14.6. The lowest BCUT2D eigenvalue weighted by molar-refractivity contribution is -0.635. The summed E-state index contributed by atoms with van der Waals surface area (Å²) in [6.45, 7) is 2.55. The molecule has 0 unspecified atom stereocenters. The van der Waals surface area contributed by atoms with E-state index >= 15 is 0 Å². The number of para-hydroxylation sites is 2. The molecule has 6 nitrogen and oxygen atoms in total. The van der Waals surface area contributed by atoms with Crippen LogP contribution < -0.4 is 9.46 Å². The summed E-state index contributed by atoms with van der Waals surface area (Å²) in [6.07, 6.45) is 0. The monoisotopic (exact) mass is 245 g/mol. The van der Waals surface area contributed by atoms with E-state index in [1.165, 1.54) is 0 Å². The van der Waals surface area contributed by atoms with Gasteiger partial charge in [0.1, 0.15) is 6.61 Å². The van der Waals surface area contributed by atoms with Crippen LogP contribution in [0.2, 0.25) is 0 Å². The molecule has 3 rings (SSSR count). The second kappa shape index (κ2) is 3.83. The Morgan fingerprint density at radius 2 is 1.83 bits per heavy atom. The maximum Gasteiger partial charge on any atom is 0.347 e. The Hall–Kier alpha value is -2.37. The molecule has 6 heteroatoms. The lowest BCUT2D eigenvalue weighted by Crippen LogP contribution is -2.46. The summed E-state index contributed by atoms with van der Waals surface area (Å²) in [5.41, 5.74) is 1.14. The number of aromatic nitrogens is 2. The maximum absolute atomic E-state index is 12.3. The summed E-state index contributed by atoms with van der Waals surface area (Å²) in [4.78, 5) is 4.10. The zero-order valence-corrected chi connectivity index (χ0v) is 9.79. The molecule has 0 bridgehead atoms. The third-order valence-corrected chi connectivity index (χ3v) is 2.96. The highest BCUT2D eigenvalue weighted by Crippen LogP contribution is 2.11. The maximum atomic E-state index is 12.3. The summed E-state index contributed by atoms with van der Waals surface area (Å²) < 4.78 is 6.73. The van der Waals surface area contributed by atoms with E-state index in [1.807, 2.05) is 0 Å². The smallest absolute Gasteiger partial charge is 0.347 e. The van der Waals surface area contributed by atoms with Crippen LogP contribution >= 0.6 is 0 Å². The fourth-order valence-electron chi connectivity index (χ4n) is 2.07. The van der Waals surface area contributed by atoms with Crippen LogP contribution in [-0.2, 0) is 4.74 Å². The number of rotatable bonds is 1. The lowest BCUT2D eigenvalue weighted by Gasteiger charge is -2.10. The number of hydrogen-bond donors (Lipinski definition) is 0. The topological polar surface area (TPSA) is 75.5 Å². The third kappa shape index (κ3) is 1.38.